The zero-order valence-corrected chi connectivity index (χ0v) is 14.3. The van der Waals surface area contributed by atoms with Crippen molar-refractivity contribution in [2.75, 3.05) is 5.32 Å². The Kier molecular flexibility index (Phi) is 4.99. The van der Waals surface area contributed by atoms with Crippen LogP contribution in [0.5, 0.6) is 0 Å². The maximum absolute atomic E-state index is 12.4. The number of hydrogen-bond acceptors (Lipinski definition) is 4. The number of nitrogens with one attached hydrogen (secondary N) is 1. The van der Waals surface area contributed by atoms with Crippen LogP contribution in [0.1, 0.15) is 49.4 Å². The standard InChI is InChI=1S/C17H21N3O3S/c1-11(12-4-5-12)20-15(6-7-18-20)19-16(21)9-13(10-17(22)23)14-3-2-8-24-14/h2-3,6-8,11-13H,4-5,9-10H2,1H3,(H,19,21)(H,22,23). The molecule has 1 amide bonds. The van der Waals surface area contributed by atoms with Crippen molar-refractivity contribution in [1.29, 1.82) is 0 Å². The van der Waals surface area contributed by atoms with Gasteiger partial charge in [-0.3, -0.25) is 9.59 Å². The summed E-state index contributed by atoms with van der Waals surface area (Å²) in [5.41, 5.74) is 0. The molecule has 2 unspecified atom stereocenters. The molecule has 3 rings (SSSR count). The van der Waals surface area contributed by atoms with Gasteiger partial charge in [0.15, 0.2) is 0 Å². The normalized spacial score (nSPS) is 16.5. The average Bonchev–Trinajstić information content (AvgIpc) is 3.04. The highest BCUT2D eigenvalue weighted by Crippen LogP contribution is 2.40. The Labute approximate surface area is 144 Å². The Balaban J connectivity index is 1.66. The number of amides is 1. The maximum Gasteiger partial charge on any atom is 0.304 e. The highest BCUT2D eigenvalue weighted by Gasteiger charge is 2.31. The van der Waals surface area contributed by atoms with Gasteiger partial charge in [0.2, 0.25) is 5.91 Å². The molecule has 2 heterocycles. The van der Waals surface area contributed by atoms with E-state index in [1.54, 1.807) is 12.3 Å². The fraction of sp³-hybridized carbons (Fsp3) is 0.471. The molecule has 2 N–H and O–H groups in total. The number of carbonyl (C=O) groups is 2. The molecule has 2 aromatic heterocycles. The Morgan fingerprint density at radius 2 is 2.21 bits per heavy atom. The lowest BCUT2D eigenvalue weighted by Gasteiger charge is -2.17. The van der Waals surface area contributed by atoms with E-state index < -0.39 is 5.97 Å². The van der Waals surface area contributed by atoms with Crippen molar-refractivity contribution in [2.24, 2.45) is 5.92 Å². The molecule has 24 heavy (non-hydrogen) atoms. The van der Waals surface area contributed by atoms with Gasteiger partial charge in [0, 0.05) is 23.3 Å². The molecule has 1 aliphatic rings. The lowest BCUT2D eigenvalue weighted by atomic mass is 9.99. The third-order valence-corrected chi connectivity index (χ3v) is 5.46. The zero-order chi connectivity index (χ0) is 17.1. The number of thiophene rings is 1. The summed E-state index contributed by atoms with van der Waals surface area (Å²) in [6.07, 6.45) is 4.19. The fourth-order valence-corrected chi connectivity index (χ4v) is 3.77. The SMILES string of the molecule is CC(C1CC1)n1nccc1NC(=O)CC(CC(=O)O)c1cccs1. The molecule has 0 saturated heterocycles. The summed E-state index contributed by atoms with van der Waals surface area (Å²) in [5.74, 6) is -0.0706. The number of anilines is 1. The summed E-state index contributed by atoms with van der Waals surface area (Å²) in [7, 11) is 0. The number of hydrogen-bond donors (Lipinski definition) is 2. The predicted octanol–water partition coefficient (Wildman–Crippen LogP) is 3.50. The van der Waals surface area contributed by atoms with Crippen LogP contribution >= 0.6 is 11.3 Å². The Morgan fingerprint density at radius 1 is 1.42 bits per heavy atom. The number of rotatable bonds is 8. The molecule has 128 valence electrons. The molecule has 0 radical (unpaired) electrons. The summed E-state index contributed by atoms with van der Waals surface area (Å²) in [6.45, 7) is 2.11. The van der Waals surface area contributed by atoms with Crippen molar-refractivity contribution >= 4 is 29.0 Å². The first-order valence-electron chi connectivity index (χ1n) is 8.13. The van der Waals surface area contributed by atoms with Crippen molar-refractivity contribution < 1.29 is 14.7 Å². The summed E-state index contributed by atoms with van der Waals surface area (Å²) in [4.78, 5) is 24.4. The van der Waals surface area contributed by atoms with Crippen molar-refractivity contribution in [3.05, 3.63) is 34.7 Å². The molecule has 6 nitrogen and oxygen atoms in total. The van der Waals surface area contributed by atoms with Gasteiger partial charge in [0.25, 0.3) is 0 Å². The van der Waals surface area contributed by atoms with Gasteiger partial charge in [0.05, 0.1) is 18.7 Å². The molecular formula is C17H21N3O3S. The lowest BCUT2D eigenvalue weighted by Crippen LogP contribution is -2.20. The minimum atomic E-state index is -0.895. The van der Waals surface area contributed by atoms with Crippen LogP contribution in [0.4, 0.5) is 5.82 Å². The molecule has 1 fully saturated rings. The van der Waals surface area contributed by atoms with E-state index in [0.29, 0.717) is 11.7 Å². The van der Waals surface area contributed by atoms with E-state index in [2.05, 4.69) is 17.3 Å². The number of aromatic nitrogens is 2. The first kappa shape index (κ1) is 16.7. The van der Waals surface area contributed by atoms with Gasteiger partial charge in [0.1, 0.15) is 5.82 Å². The smallest absolute Gasteiger partial charge is 0.304 e. The summed E-state index contributed by atoms with van der Waals surface area (Å²) in [5, 5.41) is 18.2. The molecule has 1 aliphatic carbocycles. The minimum Gasteiger partial charge on any atom is -0.481 e. The molecule has 2 atom stereocenters. The van der Waals surface area contributed by atoms with Crippen LogP contribution in [0.25, 0.3) is 0 Å². The van der Waals surface area contributed by atoms with E-state index >= 15 is 0 Å². The van der Waals surface area contributed by atoms with E-state index in [9.17, 15) is 9.59 Å². The molecule has 0 spiro atoms. The Morgan fingerprint density at radius 3 is 2.83 bits per heavy atom. The third-order valence-electron chi connectivity index (χ3n) is 4.43. The van der Waals surface area contributed by atoms with Gasteiger partial charge >= 0.3 is 5.97 Å². The molecule has 1 saturated carbocycles. The molecular weight excluding hydrogens is 326 g/mol. The fourth-order valence-electron chi connectivity index (χ4n) is 2.94. The van der Waals surface area contributed by atoms with Gasteiger partial charge in [-0.1, -0.05) is 6.07 Å². The van der Waals surface area contributed by atoms with Crippen LogP contribution in [0.3, 0.4) is 0 Å². The first-order valence-corrected chi connectivity index (χ1v) is 9.01. The maximum atomic E-state index is 12.4. The number of carbonyl (C=O) groups excluding carboxylic acids is 1. The summed E-state index contributed by atoms with van der Waals surface area (Å²) < 4.78 is 1.85. The van der Waals surface area contributed by atoms with E-state index in [-0.39, 0.29) is 30.7 Å². The topological polar surface area (TPSA) is 84.2 Å². The van der Waals surface area contributed by atoms with Crippen LogP contribution in [-0.2, 0) is 9.59 Å². The average molecular weight is 347 g/mol. The third kappa shape index (κ3) is 4.03. The van der Waals surface area contributed by atoms with Crippen LogP contribution in [0.2, 0.25) is 0 Å². The molecule has 0 bridgehead atoms. The molecule has 0 aliphatic heterocycles. The number of carboxylic acids is 1. The van der Waals surface area contributed by atoms with Crippen LogP contribution < -0.4 is 5.32 Å². The van der Waals surface area contributed by atoms with Crippen molar-refractivity contribution in [3.63, 3.8) is 0 Å². The number of nitrogens with zero attached hydrogens (tertiary/aromatic N) is 2. The van der Waals surface area contributed by atoms with Crippen molar-refractivity contribution in [3.8, 4) is 0 Å². The first-order chi connectivity index (χ1) is 11.5. The Bertz CT molecular complexity index is 706. The highest BCUT2D eigenvalue weighted by molar-refractivity contribution is 7.10. The minimum absolute atomic E-state index is 0.0499. The predicted molar refractivity (Wildman–Crippen MR) is 92.2 cm³/mol. The van der Waals surface area contributed by atoms with Crippen LogP contribution in [0.15, 0.2) is 29.8 Å². The van der Waals surface area contributed by atoms with E-state index in [1.165, 1.54) is 24.2 Å². The summed E-state index contributed by atoms with van der Waals surface area (Å²) in [6, 6.07) is 5.81. The van der Waals surface area contributed by atoms with Crippen molar-refractivity contribution in [2.45, 2.75) is 44.6 Å². The van der Waals surface area contributed by atoms with Crippen molar-refractivity contribution in [1.82, 2.24) is 9.78 Å². The lowest BCUT2D eigenvalue weighted by molar-refractivity contribution is -0.137. The molecule has 0 aromatic carbocycles. The van der Waals surface area contributed by atoms with Crippen LogP contribution in [-0.4, -0.2) is 26.8 Å². The highest BCUT2D eigenvalue weighted by atomic mass is 32.1. The van der Waals surface area contributed by atoms with E-state index in [1.807, 2.05) is 22.2 Å². The van der Waals surface area contributed by atoms with Gasteiger partial charge in [-0.2, -0.15) is 5.10 Å². The Hall–Kier alpha value is -2.15. The molecule has 2 aromatic rings. The van der Waals surface area contributed by atoms with E-state index in [0.717, 1.165) is 4.88 Å². The second-order valence-electron chi connectivity index (χ2n) is 6.30. The van der Waals surface area contributed by atoms with E-state index in [4.69, 9.17) is 5.11 Å². The zero-order valence-electron chi connectivity index (χ0n) is 13.5. The summed E-state index contributed by atoms with van der Waals surface area (Å²) >= 11 is 1.48. The number of aliphatic carboxylic acids is 1. The van der Waals surface area contributed by atoms with Crippen LogP contribution in [0, 0.1) is 5.92 Å². The quantitative estimate of drug-likeness (QED) is 0.765. The second-order valence-corrected chi connectivity index (χ2v) is 7.28. The second kappa shape index (κ2) is 7.17. The largest absolute Gasteiger partial charge is 0.481 e. The van der Waals surface area contributed by atoms with Gasteiger partial charge in [-0.25, -0.2) is 4.68 Å². The molecule has 7 heteroatoms. The van der Waals surface area contributed by atoms with Gasteiger partial charge in [-0.05, 0) is 37.1 Å². The number of carboxylic acid groups (broad SMARTS) is 1. The van der Waals surface area contributed by atoms with Gasteiger partial charge < -0.3 is 10.4 Å². The monoisotopic (exact) mass is 347 g/mol. The van der Waals surface area contributed by atoms with Gasteiger partial charge in [-0.15, -0.1) is 11.3 Å².